The molecule has 0 aromatic heterocycles. The summed E-state index contributed by atoms with van der Waals surface area (Å²) in [7, 11) is 3.17. The predicted molar refractivity (Wildman–Crippen MR) is 163 cm³/mol. The van der Waals surface area contributed by atoms with E-state index in [4.69, 9.17) is 18.9 Å². The molecular formula is C33H39N3O8. The molecule has 44 heavy (non-hydrogen) atoms. The number of rotatable bonds is 15. The number of amides is 3. The molecule has 11 heteroatoms. The van der Waals surface area contributed by atoms with Crippen LogP contribution in [0, 0.1) is 0 Å². The molecule has 2 atom stereocenters. The van der Waals surface area contributed by atoms with Gasteiger partial charge in [0.05, 0.1) is 26.7 Å². The van der Waals surface area contributed by atoms with E-state index in [0.29, 0.717) is 41.4 Å². The largest absolute Gasteiger partial charge is 0.497 e. The number of nitrogens with one attached hydrogen (secondary N) is 2. The number of carboxylic acids is 1. The number of carbonyl (C=O) groups is 3. The van der Waals surface area contributed by atoms with Crippen molar-refractivity contribution in [3.63, 3.8) is 0 Å². The molecule has 1 heterocycles. The number of aliphatic carboxylic acids is 1. The van der Waals surface area contributed by atoms with E-state index in [0.717, 1.165) is 17.5 Å². The number of hydrogen-bond acceptors (Lipinski definition) is 7. The third kappa shape index (κ3) is 8.79. The summed E-state index contributed by atoms with van der Waals surface area (Å²) in [5.74, 6) is 1.01. The highest BCUT2D eigenvalue weighted by Gasteiger charge is 2.28. The van der Waals surface area contributed by atoms with Crippen LogP contribution in [0.1, 0.15) is 55.3 Å². The van der Waals surface area contributed by atoms with Crippen LogP contribution in [0.5, 0.6) is 23.0 Å². The quantitative estimate of drug-likeness (QED) is 0.219. The van der Waals surface area contributed by atoms with Gasteiger partial charge >= 0.3 is 12.0 Å². The predicted octanol–water partition coefficient (Wildman–Crippen LogP) is 5.04. The number of fused-ring (bicyclic) bond motifs is 1. The Morgan fingerprint density at radius 2 is 1.52 bits per heavy atom. The van der Waals surface area contributed by atoms with Crippen LogP contribution >= 0.6 is 0 Å². The van der Waals surface area contributed by atoms with Gasteiger partial charge in [0.2, 0.25) is 12.7 Å². The summed E-state index contributed by atoms with van der Waals surface area (Å²) in [6.45, 7) is 2.63. The second kappa shape index (κ2) is 15.5. The summed E-state index contributed by atoms with van der Waals surface area (Å²) in [4.78, 5) is 40.9. The van der Waals surface area contributed by atoms with Gasteiger partial charge in [0.1, 0.15) is 17.5 Å². The van der Waals surface area contributed by atoms with Crippen molar-refractivity contribution in [2.24, 2.45) is 0 Å². The highest BCUT2D eigenvalue weighted by atomic mass is 16.7. The molecule has 1 aliphatic rings. The van der Waals surface area contributed by atoms with Crippen LogP contribution in [0.4, 0.5) is 4.79 Å². The Balaban J connectivity index is 1.56. The number of carboxylic acid groups (broad SMARTS) is 1. The zero-order chi connectivity index (χ0) is 31.5. The minimum atomic E-state index is -1.09. The van der Waals surface area contributed by atoms with Gasteiger partial charge in [-0.15, -0.1) is 0 Å². The molecule has 0 spiro atoms. The molecule has 0 fully saturated rings. The van der Waals surface area contributed by atoms with Crippen molar-refractivity contribution in [1.29, 1.82) is 0 Å². The van der Waals surface area contributed by atoms with Crippen molar-refractivity contribution in [3.8, 4) is 23.0 Å². The first-order valence-electron chi connectivity index (χ1n) is 14.5. The number of benzene rings is 3. The normalized spacial score (nSPS) is 13.0. The summed E-state index contributed by atoms with van der Waals surface area (Å²) in [6.07, 6.45) is 1.56. The topological polar surface area (TPSA) is 136 Å². The second-order valence-electron chi connectivity index (χ2n) is 10.5. The van der Waals surface area contributed by atoms with Crippen molar-refractivity contribution in [2.75, 3.05) is 21.0 Å². The third-order valence-electron chi connectivity index (χ3n) is 7.26. The summed E-state index contributed by atoms with van der Waals surface area (Å²) in [5, 5.41) is 15.1. The molecule has 3 N–H and O–H groups in total. The molecule has 3 aromatic carbocycles. The molecule has 0 radical (unpaired) electrons. The first kappa shape index (κ1) is 32.0. The van der Waals surface area contributed by atoms with Gasteiger partial charge in [0, 0.05) is 13.1 Å². The SMILES string of the molecule is CCCCC(NC(=O)N[C@@H](CC(=O)O)c1ccc2c(c1)OCO2)C(=O)N(Cc1cccc(OC)c1)Cc1cccc(OC)c1. The van der Waals surface area contributed by atoms with Crippen LogP contribution in [-0.2, 0) is 22.7 Å². The molecule has 11 nitrogen and oxygen atoms in total. The molecule has 0 bridgehead atoms. The lowest BCUT2D eigenvalue weighted by Crippen LogP contribution is -2.51. The molecule has 234 valence electrons. The van der Waals surface area contributed by atoms with Crippen LogP contribution in [-0.4, -0.2) is 55.0 Å². The number of unbranched alkanes of at least 4 members (excludes halogenated alkanes) is 1. The van der Waals surface area contributed by atoms with Crippen LogP contribution in [0.15, 0.2) is 66.7 Å². The van der Waals surface area contributed by atoms with E-state index in [1.807, 2.05) is 55.5 Å². The van der Waals surface area contributed by atoms with Gasteiger partial charge in [0.25, 0.3) is 0 Å². The summed E-state index contributed by atoms with van der Waals surface area (Å²) < 4.78 is 21.5. The Kier molecular flexibility index (Phi) is 11.3. The number of urea groups is 1. The highest BCUT2D eigenvalue weighted by molar-refractivity contribution is 5.87. The number of hydrogen-bond donors (Lipinski definition) is 3. The minimum absolute atomic E-state index is 0.0690. The van der Waals surface area contributed by atoms with Crippen molar-refractivity contribution in [3.05, 3.63) is 83.4 Å². The third-order valence-corrected chi connectivity index (χ3v) is 7.26. The Labute approximate surface area is 257 Å². The fourth-order valence-electron chi connectivity index (χ4n) is 5.00. The number of carbonyl (C=O) groups excluding carboxylic acids is 2. The molecule has 0 saturated heterocycles. The summed E-state index contributed by atoms with van der Waals surface area (Å²) in [6, 6.07) is 17.6. The summed E-state index contributed by atoms with van der Waals surface area (Å²) in [5.41, 5.74) is 2.27. The Morgan fingerprint density at radius 1 is 0.886 bits per heavy atom. The van der Waals surface area contributed by atoms with Gasteiger partial charge in [0.15, 0.2) is 11.5 Å². The van der Waals surface area contributed by atoms with E-state index in [1.165, 1.54) is 0 Å². The van der Waals surface area contributed by atoms with Crippen molar-refractivity contribution >= 4 is 17.9 Å². The maximum absolute atomic E-state index is 14.2. The maximum Gasteiger partial charge on any atom is 0.315 e. The Bertz CT molecular complexity index is 1400. The molecule has 1 unspecified atom stereocenters. The molecular weight excluding hydrogens is 566 g/mol. The molecule has 1 aliphatic heterocycles. The average molecular weight is 606 g/mol. The monoisotopic (exact) mass is 605 g/mol. The van der Waals surface area contributed by atoms with Gasteiger partial charge in [-0.1, -0.05) is 50.1 Å². The van der Waals surface area contributed by atoms with Gasteiger partial charge in [-0.2, -0.15) is 0 Å². The second-order valence-corrected chi connectivity index (χ2v) is 10.5. The number of nitrogens with zero attached hydrogens (tertiary/aromatic N) is 1. The van der Waals surface area contributed by atoms with Crippen LogP contribution in [0.2, 0.25) is 0 Å². The van der Waals surface area contributed by atoms with Crippen molar-refractivity contribution in [1.82, 2.24) is 15.5 Å². The van der Waals surface area contributed by atoms with E-state index in [-0.39, 0.29) is 32.2 Å². The Hall–Kier alpha value is -4.93. The first-order valence-corrected chi connectivity index (χ1v) is 14.5. The molecule has 3 aromatic rings. The van der Waals surface area contributed by atoms with Crippen molar-refractivity contribution in [2.45, 2.75) is 57.8 Å². The lowest BCUT2D eigenvalue weighted by atomic mass is 10.0. The van der Waals surface area contributed by atoms with Gasteiger partial charge in [-0.25, -0.2) is 4.79 Å². The van der Waals surface area contributed by atoms with E-state index >= 15 is 0 Å². The fourth-order valence-corrected chi connectivity index (χ4v) is 5.00. The smallest absolute Gasteiger partial charge is 0.315 e. The van der Waals surface area contributed by atoms with Crippen LogP contribution < -0.4 is 29.6 Å². The minimum Gasteiger partial charge on any atom is -0.497 e. The summed E-state index contributed by atoms with van der Waals surface area (Å²) >= 11 is 0. The lowest BCUT2D eigenvalue weighted by molar-refractivity contribution is -0.137. The van der Waals surface area contributed by atoms with E-state index in [1.54, 1.807) is 37.3 Å². The van der Waals surface area contributed by atoms with E-state index in [9.17, 15) is 19.5 Å². The molecule has 3 amide bonds. The van der Waals surface area contributed by atoms with Gasteiger partial charge in [-0.05, 0) is 59.5 Å². The highest BCUT2D eigenvalue weighted by Crippen LogP contribution is 2.35. The standard InChI is InChI=1S/C33H39N3O8/c1-4-5-12-27(34-33(40)35-28(18-31(37)38)24-13-14-29-30(17-24)44-21-43-29)32(39)36(19-22-8-6-10-25(15-22)41-2)20-23-9-7-11-26(16-23)42-3/h6-11,13-17,27-28H,4-5,12,18-21H2,1-3H3,(H,37,38)(H2,34,35,40)/t27?,28-/m0/s1. The van der Waals surface area contributed by atoms with Crippen molar-refractivity contribution < 1.29 is 38.4 Å². The lowest BCUT2D eigenvalue weighted by Gasteiger charge is -2.29. The van der Waals surface area contributed by atoms with E-state index in [2.05, 4.69) is 10.6 Å². The molecule has 0 saturated carbocycles. The first-order chi connectivity index (χ1) is 21.3. The van der Waals surface area contributed by atoms with E-state index < -0.39 is 24.1 Å². The van der Waals surface area contributed by atoms with Gasteiger partial charge < -0.3 is 39.6 Å². The maximum atomic E-state index is 14.2. The zero-order valence-electron chi connectivity index (χ0n) is 25.2. The number of ether oxygens (including phenoxy) is 4. The van der Waals surface area contributed by atoms with Crippen LogP contribution in [0.3, 0.4) is 0 Å². The van der Waals surface area contributed by atoms with Gasteiger partial charge in [-0.3, -0.25) is 9.59 Å². The molecule has 4 rings (SSSR count). The molecule has 0 aliphatic carbocycles. The zero-order valence-corrected chi connectivity index (χ0v) is 25.2. The van der Waals surface area contributed by atoms with Crippen LogP contribution in [0.25, 0.3) is 0 Å². The fraction of sp³-hybridized carbons (Fsp3) is 0.364. The number of methoxy groups -OCH3 is 2. The Morgan fingerprint density at radius 3 is 2.11 bits per heavy atom. The average Bonchev–Trinajstić information content (AvgIpc) is 3.50.